The number of esters is 1. The molecule has 3 rings (SSSR count). The molecule has 2 N–H and O–H groups in total. The highest BCUT2D eigenvalue weighted by Crippen LogP contribution is 2.24. The van der Waals surface area contributed by atoms with E-state index < -0.39 is 24.4 Å². The van der Waals surface area contributed by atoms with Crippen molar-refractivity contribution in [3.63, 3.8) is 0 Å². The molecule has 1 saturated heterocycles. The van der Waals surface area contributed by atoms with Crippen molar-refractivity contribution in [2.24, 2.45) is 0 Å². The summed E-state index contributed by atoms with van der Waals surface area (Å²) in [6, 6.07) is 15.4. The lowest BCUT2D eigenvalue weighted by Crippen LogP contribution is -2.32. The van der Waals surface area contributed by atoms with Gasteiger partial charge in [0.1, 0.15) is 6.54 Å². The van der Waals surface area contributed by atoms with Crippen LogP contribution in [-0.4, -0.2) is 43.4 Å². The van der Waals surface area contributed by atoms with Crippen LogP contribution in [0.4, 0.5) is 11.4 Å². The van der Waals surface area contributed by atoms with E-state index in [1.807, 2.05) is 0 Å². The third-order valence-corrected chi connectivity index (χ3v) is 4.31. The molecular formula is C21H21N3O5. The summed E-state index contributed by atoms with van der Waals surface area (Å²) in [5, 5.41) is 5.06. The molecule has 1 aliphatic rings. The largest absolute Gasteiger partial charge is 0.454 e. The van der Waals surface area contributed by atoms with Gasteiger partial charge in [-0.3, -0.25) is 19.2 Å². The Morgan fingerprint density at radius 3 is 2.55 bits per heavy atom. The van der Waals surface area contributed by atoms with E-state index in [-0.39, 0.29) is 12.5 Å². The third-order valence-electron chi connectivity index (χ3n) is 4.31. The van der Waals surface area contributed by atoms with E-state index in [2.05, 4.69) is 10.6 Å². The lowest BCUT2D eigenvalue weighted by molar-refractivity contribution is -0.146. The molecule has 0 aliphatic carbocycles. The molecule has 0 radical (unpaired) electrons. The van der Waals surface area contributed by atoms with Crippen LogP contribution in [0, 0.1) is 0 Å². The molecule has 0 atom stereocenters. The average Bonchev–Trinajstić information content (AvgIpc) is 3.17. The van der Waals surface area contributed by atoms with E-state index in [4.69, 9.17) is 4.74 Å². The van der Waals surface area contributed by atoms with E-state index in [1.54, 1.807) is 59.5 Å². The van der Waals surface area contributed by atoms with Gasteiger partial charge in [-0.25, -0.2) is 0 Å². The number of ether oxygens (including phenoxy) is 1. The van der Waals surface area contributed by atoms with Crippen LogP contribution < -0.4 is 15.5 Å². The molecule has 1 fully saturated rings. The van der Waals surface area contributed by atoms with Crippen molar-refractivity contribution in [2.45, 2.75) is 12.8 Å². The predicted molar refractivity (Wildman–Crippen MR) is 106 cm³/mol. The number of amides is 3. The molecule has 3 amide bonds. The Hall–Kier alpha value is -3.68. The van der Waals surface area contributed by atoms with Crippen LogP contribution in [0.25, 0.3) is 0 Å². The van der Waals surface area contributed by atoms with Crippen molar-refractivity contribution in [3.8, 4) is 0 Å². The van der Waals surface area contributed by atoms with Gasteiger partial charge in [-0.05, 0) is 36.8 Å². The Morgan fingerprint density at radius 1 is 1.03 bits per heavy atom. The van der Waals surface area contributed by atoms with Gasteiger partial charge < -0.3 is 20.3 Å². The highest BCUT2D eigenvalue weighted by Gasteiger charge is 2.21. The van der Waals surface area contributed by atoms with Gasteiger partial charge >= 0.3 is 5.97 Å². The number of benzene rings is 2. The number of anilines is 2. The van der Waals surface area contributed by atoms with Crippen molar-refractivity contribution in [1.82, 2.24) is 5.32 Å². The van der Waals surface area contributed by atoms with Crippen molar-refractivity contribution in [2.75, 3.05) is 29.9 Å². The highest BCUT2D eigenvalue weighted by molar-refractivity contribution is 5.98. The molecule has 8 nitrogen and oxygen atoms in total. The van der Waals surface area contributed by atoms with Crippen molar-refractivity contribution in [1.29, 1.82) is 0 Å². The molecule has 150 valence electrons. The molecule has 1 heterocycles. The summed E-state index contributed by atoms with van der Waals surface area (Å²) in [7, 11) is 0. The summed E-state index contributed by atoms with van der Waals surface area (Å²) in [6.07, 6.45) is 1.33. The minimum Gasteiger partial charge on any atom is -0.454 e. The maximum atomic E-state index is 12.0. The molecule has 2 aromatic carbocycles. The van der Waals surface area contributed by atoms with E-state index in [9.17, 15) is 19.2 Å². The fraction of sp³-hybridized carbons (Fsp3) is 0.238. The monoisotopic (exact) mass is 395 g/mol. The molecule has 0 bridgehead atoms. The molecule has 0 spiro atoms. The highest BCUT2D eigenvalue weighted by atomic mass is 16.5. The summed E-state index contributed by atoms with van der Waals surface area (Å²) in [5.74, 6) is -1.58. The fourth-order valence-electron chi connectivity index (χ4n) is 2.91. The zero-order chi connectivity index (χ0) is 20.6. The molecule has 0 aromatic heterocycles. The van der Waals surface area contributed by atoms with Crippen LogP contribution in [0.15, 0.2) is 54.6 Å². The Kier molecular flexibility index (Phi) is 6.57. The van der Waals surface area contributed by atoms with Gasteiger partial charge in [-0.1, -0.05) is 24.3 Å². The summed E-state index contributed by atoms with van der Waals surface area (Å²) < 4.78 is 4.88. The zero-order valence-electron chi connectivity index (χ0n) is 15.7. The van der Waals surface area contributed by atoms with Gasteiger partial charge in [0.25, 0.3) is 11.8 Å². The summed E-state index contributed by atoms with van der Waals surface area (Å²) in [4.78, 5) is 49.1. The van der Waals surface area contributed by atoms with Gasteiger partial charge in [0.05, 0.1) is 0 Å². The Labute approximate surface area is 167 Å². The zero-order valence-corrected chi connectivity index (χ0v) is 15.7. The third kappa shape index (κ3) is 5.65. The minimum atomic E-state index is -0.721. The number of rotatable bonds is 7. The second-order valence-electron chi connectivity index (χ2n) is 6.46. The first-order valence-electron chi connectivity index (χ1n) is 9.22. The number of carbonyl (C=O) groups excluding carboxylic acids is 4. The van der Waals surface area contributed by atoms with Crippen LogP contribution in [-0.2, 0) is 19.1 Å². The van der Waals surface area contributed by atoms with E-state index in [0.29, 0.717) is 29.9 Å². The van der Waals surface area contributed by atoms with Crippen LogP contribution in [0.5, 0.6) is 0 Å². The summed E-state index contributed by atoms with van der Waals surface area (Å²) >= 11 is 0. The Bertz CT molecular complexity index is 914. The summed E-state index contributed by atoms with van der Waals surface area (Å²) in [5.41, 5.74) is 1.64. The first kappa shape index (κ1) is 20.1. The van der Waals surface area contributed by atoms with Gasteiger partial charge in [0.15, 0.2) is 6.61 Å². The molecule has 8 heteroatoms. The Balaban J connectivity index is 1.43. The van der Waals surface area contributed by atoms with Crippen LogP contribution in [0.2, 0.25) is 0 Å². The van der Waals surface area contributed by atoms with Gasteiger partial charge in [-0.2, -0.15) is 0 Å². The lowest BCUT2D eigenvalue weighted by atomic mass is 10.2. The summed E-state index contributed by atoms with van der Waals surface area (Å²) in [6.45, 7) is -0.164. The topological polar surface area (TPSA) is 105 Å². The maximum absolute atomic E-state index is 12.0. The van der Waals surface area contributed by atoms with Gasteiger partial charge in [-0.15, -0.1) is 0 Å². The van der Waals surface area contributed by atoms with Crippen LogP contribution >= 0.6 is 0 Å². The first-order valence-corrected chi connectivity index (χ1v) is 9.22. The van der Waals surface area contributed by atoms with Gasteiger partial charge in [0, 0.05) is 29.9 Å². The molecule has 0 saturated carbocycles. The number of nitrogens with zero attached hydrogens (tertiary/aromatic N) is 1. The standard InChI is InChI=1S/C21H21N3O5/c25-18(14-29-20(27)13-22-21(28)15-6-2-1-3-7-15)23-16-8-4-9-17(12-16)24-11-5-10-19(24)26/h1-4,6-9,12H,5,10-11,13-14H2,(H,22,28)(H,23,25). The molecule has 2 aromatic rings. The van der Waals surface area contributed by atoms with Crippen molar-refractivity contribution in [3.05, 3.63) is 60.2 Å². The fourth-order valence-corrected chi connectivity index (χ4v) is 2.91. The second kappa shape index (κ2) is 9.50. The van der Waals surface area contributed by atoms with E-state index in [0.717, 1.165) is 6.42 Å². The molecule has 29 heavy (non-hydrogen) atoms. The number of hydrogen-bond acceptors (Lipinski definition) is 5. The normalized spacial score (nSPS) is 13.1. The molecule has 0 unspecified atom stereocenters. The van der Waals surface area contributed by atoms with E-state index in [1.165, 1.54) is 0 Å². The maximum Gasteiger partial charge on any atom is 0.325 e. The quantitative estimate of drug-likeness (QED) is 0.695. The average molecular weight is 395 g/mol. The molecular weight excluding hydrogens is 374 g/mol. The van der Waals surface area contributed by atoms with Crippen molar-refractivity contribution < 1.29 is 23.9 Å². The SMILES string of the molecule is O=C(COC(=O)CNC(=O)c1ccccc1)Nc1cccc(N2CCCC2=O)c1. The van der Waals surface area contributed by atoms with Crippen LogP contribution in [0.3, 0.4) is 0 Å². The smallest absolute Gasteiger partial charge is 0.325 e. The van der Waals surface area contributed by atoms with E-state index >= 15 is 0 Å². The van der Waals surface area contributed by atoms with Crippen molar-refractivity contribution >= 4 is 35.1 Å². The van der Waals surface area contributed by atoms with Gasteiger partial charge in [0.2, 0.25) is 5.91 Å². The first-order chi connectivity index (χ1) is 14.0. The lowest BCUT2D eigenvalue weighted by Gasteiger charge is -2.16. The second-order valence-corrected chi connectivity index (χ2v) is 6.46. The number of carbonyl (C=O) groups is 4. The number of nitrogens with one attached hydrogen (secondary N) is 2. The minimum absolute atomic E-state index is 0.0555. The molecule has 1 aliphatic heterocycles. The number of hydrogen-bond donors (Lipinski definition) is 2. The van der Waals surface area contributed by atoms with Crippen LogP contribution in [0.1, 0.15) is 23.2 Å². The predicted octanol–water partition coefficient (Wildman–Crippen LogP) is 1.73. The Morgan fingerprint density at radius 2 is 1.83 bits per heavy atom.